The van der Waals surface area contributed by atoms with Crippen LogP contribution in [0.25, 0.3) is 16.6 Å². The van der Waals surface area contributed by atoms with Crippen molar-refractivity contribution in [3.8, 4) is 22.6 Å². The lowest BCUT2D eigenvalue weighted by Gasteiger charge is -2.12. The summed E-state index contributed by atoms with van der Waals surface area (Å²) in [5.41, 5.74) is 0.521. The van der Waals surface area contributed by atoms with Crippen LogP contribution in [0.3, 0.4) is 0 Å². The van der Waals surface area contributed by atoms with Crippen LogP contribution in [0.1, 0.15) is 5.56 Å². The van der Waals surface area contributed by atoms with Gasteiger partial charge in [0.2, 0.25) is 5.43 Å². The van der Waals surface area contributed by atoms with Gasteiger partial charge in [0, 0.05) is 29.2 Å². The van der Waals surface area contributed by atoms with Gasteiger partial charge in [-0.15, -0.1) is 12.4 Å². The number of aromatic nitrogens is 2. The van der Waals surface area contributed by atoms with Crippen LogP contribution in [0.4, 0.5) is 0 Å². The highest BCUT2D eigenvalue weighted by atomic mass is 35.5. The van der Waals surface area contributed by atoms with E-state index in [9.17, 15) is 14.7 Å². The standard InChI is InChI=1S/C22H17ClN2O4.ClH/c1-29-17-7-3-5-15(11-17)18-13-24-8-9-25(12-14-4-2-6-16(23)10-14)22(28)19(24)21(27)20(18)26;/h2-11,13,27H,12H2,1H3;1H. The van der Waals surface area contributed by atoms with Gasteiger partial charge in [-0.1, -0.05) is 35.9 Å². The fraction of sp³-hybridized carbons (Fsp3) is 0.0909. The summed E-state index contributed by atoms with van der Waals surface area (Å²) < 4.78 is 8.08. The number of nitrogens with zero attached hydrogens (tertiary/aromatic N) is 2. The Bertz CT molecular complexity index is 1350. The smallest absolute Gasteiger partial charge is 0.279 e. The van der Waals surface area contributed by atoms with Gasteiger partial charge in [-0.3, -0.25) is 9.59 Å². The van der Waals surface area contributed by atoms with Crippen molar-refractivity contribution in [1.82, 2.24) is 8.97 Å². The Morgan fingerprint density at radius 2 is 1.83 bits per heavy atom. The first-order valence-corrected chi connectivity index (χ1v) is 9.22. The molecule has 0 bridgehead atoms. The average Bonchev–Trinajstić information content (AvgIpc) is 2.72. The molecule has 0 fully saturated rings. The highest BCUT2D eigenvalue weighted by molar-refractivity contribution is 6.30. The molecule has 154 valence electrons. The molecule has 8 heteroatoms. The Labute approximate surface area is 183 Å². The molecule has 0 radical (unpaired) electrons. The molecule has 0 saturated carbocycles. The average molecular weight is 445 g/mol. The van der Waals surface area contributed by atoms with E-state index in [1.807, 2.05) is 6.07 Å². The van der Waals surface area contributed by atoms with Crippen molar-refractivity contribution >= 4 is 29.5 Å². The number of hydrogen-bond acceptors (Lipinski definition) is 4. The summed E-state index contributed by atoms with van der Waals surface area (Å²) in [5.74, 6) is -0.000750. The van der Waals surface area contributed by atoms with Crippen LogP contribution in [0.5, 0.6) is 11.5 Å². The van der Waals surface area contributed by atoms with E-state index < -0.39 is 16.7 Å². The zero-order valence-corrected chi connectivity index (χ0v) is 17.5. The maximum atomic E-state index is 12.9. The number of methoxy groups -OCH3 is 1. The van der Waals surface area contributed by atoms with E-state index >= 15 is 0 Å². The Kier molecular flexibility index (Phi) is 6.20. The topological polar surface area (TPSA) is 72.9 Å². The molecule has 1 N–H and O–H groups in total. The van der Waals surface area contributed by atoms with Gasteiger partial charge >= 0.3 is 0 Å². The number of rotatable bonds is 4. The van der Waals surface area contributed by atoms with Gasteiger partial charge in [0.05, 0.1) is 13.7 Å². The predicted molar refractivity (Wildman–Crippen MR) is 119 cm³/mol. The number of benzene rings is 2. The van der Waals surface area contributed by atoms with Gasteiger partial charge in [-0.2, -0.15) is 0 Å². The molecule has 0 amide bonds. The maximum Gasteiger partial charge on any atom is 0.279 e. The first-order valence-electron chi connectivity index (χ1n) is 8.84. The lowest BCUT2D eigenvalue weighted by Crippen LogP contribution is -2.24. The molecule has 0 aliphatic carbocycles. The van der Waals surface area contributed by atoms with Crippen LogP contribution >= 0.6 is 24.0 Å². The van der Waals surface area contributed by atoms with Crippen LogP contribution < -0.4 is 15.7 Å². The van der Waals surface area contributed by atoms with Crippen molar-refractivity contribution in [3.05, 3.63) is 98.3 Å². The zero-order chi connectivity index (χ0) is 20.5. The van der Waals surface area contributed by atoms with E-state index in [4.69, 9.17) is 16.3 Å². The molecular formula is C22H18Cl2N2O4. The molecule has 4 aromatic rings. The fourth-order valence-corrected chi connectivity index (χ4v) is 3.47. The number of aromatic hydroxyl groups is 1. The molecule has 6 nitrogen and oxygen atoms in total. The SMILES string of the molecule is COc1cccc(-c2cn3ccn(Cc4cccc(Cl)c4)c(=O)c3c(O)c2=O)c1.Cl. The number of fused-ring (bicyclic) bond motifs is 1. The second-order valence-corrected chi connectivity index (χ2v) is 7.01. The van der Waals surface area contributed by atoms with Crippen molar-refractivity contribution in [1.29, 1.82) is 0 Å². The Morgan fingerprint density at radius 3 is 2.57 bits per heavy atom. The highest BCUT2D eigenvalue weighted by Gasteiger charge is 2.16. The summed E-state index contributed by atoms with van der Waals surface area (Å²) in [6.07, 6.45) is 4.77. The first-order chi connectivity index (χ1) is 14.0. The molecule has 0 spiro atoms. The molecule has 30 heavy (non-hydrogen) atoms. The van der Waals surface area contributed by atoms with E-state index in [1.54, 1.807) is 54.9 Å². The van der Waals surface area contributed by atoms with Crippen LogP contribution in [-0.2, 0) is 6.54 Å². The van der Waals surface area contributed by atoms with Gasteiger partial charge < -0.3 is 18.8 Å². The summed E-state index contributed by atoms with van der Waals surface area (Å²) in [5, 5.41) is 11.1. The second-order valence-electron chi connectivity index (χ2n) is 6.57. The van der Waals surface area contributed by atoms with Crippen LogP contribution in [0.15, 0.2) is 76.7 Å². The minimum atomic E-state index is -0.615. The molecule has 0 saturated heterocycles. The van der Waals surface area contributed by atoms with Crippen molar-refractivity contribution in [2.45, 2.75) is 6.54 Å². The lowest BCUT2D eigenvalue weighted by molar-refractivity contribution is 0.415. The van der Waals surface area contributed by atoms with Crippen molar-refractivity contribution in [2.75, 3.05) is 7.11 Å². The van der Waals surface area contributed by atoms with E-state index in [-0.39, 0.29) is 30.0 Å². The molecule has 0 aliphatic rings. The van der Waals surface area contributed by atoms with Crippen molar-refractivity contribution < 1.29 is 9.84 Å². The Hall–Kier alpha value is -3.22. The zero-order valence-electron chi connectivity index (χ0n) is 15.9. The van der Waals surface area contributed by atoms with Crippen molar-refractivity contribution in [3.63, 3.8) is 0 Å². The third-order valence-electron chi connectivity index (χ3n) is 4.70. The number of pyridine rings is 1. The highest BCUT2D eigenvalue weighted by Crippen LogP contribution is 2.24. The predicted octanol–water partition coefficient (Wildman–Crippen LogP) is 3.97. The molecule has 0 unspecified atom stereocenters. The van der Waals surface area contributed by atoms with E-state index in [1.165, 1.54) is 22.3 Å². The van der Waals surface area contributed by atoms with Gasteiger partial charge in [0.25, 0.3) is 5.56 Å². The molecule has 2 aromatic heterocycles. The largest absolute Gasteiger partial charge is 0.503 e. The quantitative estimate of drug-likeness (QED) is 0.516. The van der Waals surface area contributed by atoms with Crippen molar-refractivity contribution in [2.24, 2.45) is 0 Å². The molecule has 2 heterocycles. The van der Waals surface area contributed by atoms with Crippen LogP contribution in [0.2, 0.25) is 5.02 Å². The Morgan fingerprint density at radius 1 is 1.07 bits per heavy atom. The van der Waals surface area contributed by atoms with E-state index in [0.717, 1.165) is 5.56 Å². The lowest BCUT2D eigenvalue weighted by atomic mass is 10.1. The summed E-state index contributed by atoms with van der Waals surface area (Å²) in [7, 11) is 1.53. The van der Waals surface area contributed by atoms with Gasteiger partial charge in [-0.05, 0) is 35.4 Å². The number of hydrogen-bond donors (Lipinski definition) is 1. The second kappa shape index (κ2) is 8.65. The summed E-state index contributed by atoms with van der Waals surface area (Å²) in [6.45, 7) is 0.265. The van der Waals surface area contributed by atoms with Gasteiger partial charge in [-0.25, -0.2) is 0 Å². The molecular weight excluding hydrogens is 427 g/mol. The molecule has 4 rings (SSSR count). The maximum absolute atomic E-state index is 12.9. The first kappa shape index (κ1) is 21.5. The van der Waals surface area contributed by atoms with Gasteiger partial charge in [0.15, 0.2) is 11.3 Å². The molecule has 2 aromatic carbocycles. The van der Waals surface area contributed by atoms with E-state index in [2.05, 4.69) is 0 Å². The Balaban J connectivity index is 0.00000256. The minimum absolute atomic E-state index is 0. The molecule has 0 atom stereocenters. The fourth-order valence-electron chi connectivity index (χ4n) is 3.26. The monoisotopic (exact) mass is 444 g/mol. The van der Waals surface area contributed by atoms with Crippen LogP contribution in [-0.4, -0.2) is 21.2 Å². The third-order valence-corrected chi connectivity index (χ3v) is 4.94. The third kappa shape index (κ3) is 3.92. The number of halogens is 2. The molecule has 0 aliphatic heterocycles. The van der Waals surface area contributed by atoms with Crippen LogP contribution in [0, 0.1) is 0 Å². The van der Waals surface area contributed by atoms with Gasteiger partial charge in [0.1, 0.15) is 5.75 Å². The summed E-state index contributed by atoms with van der Waals surface area (Å²) in [4.78, 5) is 25.7. The number of ether oxygens (including phenoxy) is 1. The van der Waals surface area contributed by atoms with E-state index in [0.29, 0.717) is 16.3 Å². The normalized spacial score (nSPS) is 10.6. The summed E-state index contributed by atoms with van der Waals surface area (Å²) in [6, 6.07) is 14.1. The summed E-state index contributed by atoms with van der Waals surface area (Å²) >= 11 is 6.01. The minimum Gasteiger partial charge on any atom is -0.503 e.